The zero-order valence-electron chi connectivity index (χ0n) is 13.8. The van der Waals surface area contributed by atoms with Gasteiger partial charge in [0.15, 0.2) is 0 Å². The van der Waals surface area contributed by atoms with Gasteiger partial charge >= 0.3 is 12.1 Å². The zero-order valence-corrected chi connectivity index (χ0v) is 13.8. The lowest BCUT2D eigenvalue weighted by atomic mass is 10.0. The molecule has 0 radical (unpaired) electrons. The molecule has 1 unspecified atom stereocenters. The van der Waals surface area contributed by atoms with E-state index in [9.17, 15) is 23.1 Å². The molecule has 4 N–H and O–H groups in total. The SMILES string of the molecule is Cc1ccccc1C(CO)N(C)C(=O)/C=C/CN.O=C(O)C(F)(F)F. The van der Waals surface area contributed by atoms with E-state index in [-0.39, 0.29) is 18.6 Å². The van der Waals surface area contributed by atoms with Crippen molar-refractivity contribution in [3.05, 3.63) is 47.5 Å². The first kappa shape index (κ1) is 22.6. The van der Waals surface area contributed by atoms with Crippen molar-refractivity contribution in [3.63, 3.8) is 0 Å². The molecule has 0 aliphatic carbocycles. The van der Waals surface area contributed by atoms with Crippen LogP contribution >= 0.6 is 0 Å². The summed E-state index contributed by atoms with van der Waals surface area (Å²) in [6, 6.07) is 7.39. The molecule has 0 saturated heterocycles. The first-order valence-electron chi connectivity index (χ1n) is 7.16. The first-order chi connectivity index (χ1) is 11.6. The number of halogens is 3. The lowest BCUT2D eigenvalue weighted by Crippen LogP contribution is -2.32. The number of hydrogen-bond acceptors (Lipinski definition) is 4. The normalized spacial score (nSPS) is 12.3. The fraction of sp³-hybridized carbons (Fsp3) is 0.375. The Balaban J connectivity index is 0.000000697. The van der Waals surface area contributed by atoms with E-state index in [1.165, 1.54) is 11.0 Å². The topological polar surface area (TPSA) is 104 Å². The Morgan fingerprint density at radius 2 is 1.84 bits per heavy atom. The summed E-state index contributed by atoms with van der Waals surface area (Å²) in [5, 5.41) is 16.6. The Morgan fingerprint density at radius 1 is 1.32 bits per heavy atom. The van der Waals surface area contributed by atoms with Crippen molar-refractivity contribution in [1.82, 2.24) is 4.90 Å². The van der Waals surface area contributed by atoms with Gasteiger partial charge in [0, 0.05) is 19.7 Å². The number of aliphatic carboxylic acids is 1. The van der Waals surface area contributed by atoms with E-state index < -0.39 is 12.1 Å². The first-order valence-corrected chi connectivity index (χ1v) is 7.16. The summed E-state index contributed by atoms with van der Waals surface area (Å²) >= 11 is 0. The van der Waals surface area contributed by atoms with Gasteiger partial charge < -0.3 is 20.8 Å². The van der Waals surface area contributed by atoms with Crippen LogP contribution < -0.4 is 5.73 Å². The van der Waals surface area contributed by atoms with Crippen LogP contribution in [0.5, 0.6) is 0 Å². The van der Waals surface area contributed by atoms with Crippen LogP contribution in [0.2, 0.25) is 0 Å². The second kappa shape index (κ2) is 10.5. The van der Waals surface area contributed by atoms with Gasteiger partial charge in [-0.25, -0.2) is 4.79 Å². The minimum absolute atomic E-state index is 0.108. The molecule has 0 bridgehead atoms. The van der Waals surface area contributed by atoms with Gasteiger partial charge in [0.05, 0.1) is 12.6 Å². The number of carbonyl (C=O) groups is 2. The predicted octanol–water partition coefficient (Wildman–Crippen LogP) is 1.64. The lowest BCUT2D eigenvalue weighted by Gasteiger charge is -2.27. The number of alkyl halides is 3. The predicted molar refractivity (Wildman–Crippen MR) is 85.7 cm³/mol. The Morgan fingerprint density at radius 3 is 2.24 bits per heavy atom. The number of carbonyl (C=O) groups excluding carboxylic acids is 1. The van der Waals surface area contributed by atoms with E-state index in [0.29, 0.717) is 6.54 Å². The summed E-state index contributed by atoms with van der Waals surface area (Å²) in [7, 11) is 1.68. The van der Waals surface area contributed by atoms with Crippen molar-refractivity contribution in [2.45, 2.75) is 19.1 Å². The fourth-order valence-corrected chi connectivity index (χ4v) is 1.83. The number of aliphatic hydroxyl groups is 1. The molecule has 0 fully saturated rings. The largest absolute Gasteiger partial charge is 0.490 e. The Bertz CT molecular complexity index is 603. The Labute approximate surface area is 143 Å². The molecule has 1 aromatic carbocycles. The molecule has 9 heteroatoms. The number of nitrogens with two attached hydrogens (primary N) is 1. The van der Waals surface area contributed by atoms with Gasteiger partial charge in [-0.3, -0.25) is 4.79 Å². The zero-order chi connectivity index (χ0) is 19.6. The Hall–Kier alpha value is -2.39. The number of aliphatic hydroxyl groups excluding tert-OH is 1. The van der Waals surface area contributed by atoms with Crippen LogP contribution in [-0.2, 0) is 9.59 Å². The average Bonchev–Trinajstić information content (AvgIpc) is 2.54. The molecule has 1 amide bonds. The maximum atomic E-state index is 11.9. The van der Waals surface area contributed by atoms with Gasteiger partial charge in [-0.2, -0.15) is 13.2 Å². The third kappa shape index (κ3) is 7.81. The van der Waals surface area contributed by atoms with Crippen LogP contribution in [0, 0.1) is 6.92 Å². The molecule has 6 nitrogen and oxygen atoms in total. The molecule has 0 aliphatic heterocycles. The summed E-state index contributed by atoms with van der Waals surface area (Å²) in [6.07, 6.45) is -2.05. The molecule has 140 valence electrons. The smallest absolute Gasteiger partial charge is 0.475 e. The van der Waals surface area contributed by atoms with Gasteiger partial charge in [0.1, 0.15) is 0 Å². The van der Waals surface area contributed by atoms with E-state index >= 15 is 0 Å². The van der Waals surface area contributed by atoms with E-state index in [0.717, 1.165) is 11.1 Å². The molecular weight excluding hydrogens is 341 g/mol. The van der Waals surface area contributed by atoms with Gasteiger partial charge in [-0.1, -0.05) is 30.3 Å². The summed E-state index contributed by atoms with van der Waals surface area (Å²) in [4.78, 5) is 22.3. The minimum atomic E-state index is -5.08. The molecule has 25 heavy (non-hydrogen) atoms. The van der Waals surface area contributed by atoms with Gasteiger partial charge in [0.2, 0.25) is 5.91 Å². The van der Waals surface area contributed by atoms with E-state index in [2.05, 4.69) is 0 Å². The molecule has 1 aromatic rings. The van der Waals surface area contributed by atoms with Crippen LogP contribution in [-0.4, -0.2) is 53.4 Å². The van der Waals surface area contributed by atoms with Crippen molar-refractivity contribution >= 4 is 11.9 Å². The van der Waals surface area contributed by atoms with Gasteiger partial charge in [-0.05, 0) is 18.1 Å². The van der Waals surface area contributed by atoms with E-state index in [1.807, 2.05) is 31.2 Å². The van der Waals surface area contributed by atoms with E-state index in [1.54, 1.807) is 13.1 Å². The average molecular weight is 362 g/mol. The molecule has 0 aromatic heterocycles. The molecular formula is C16H21F3N2O4. The van der Waals surface area contributed by atoms with Crippen molar-refractivity contribution in [2.24, 2.45) is 5.73 Å². The molecule has 0 heterocycles. The Kier molecular flexibility index (Phi) is 9.47. The number of benzene rings is 1. The van der Waals surface area contributed by atoms with Crippen LogP contribution in [0.15, 0.2) is 36.4 Å². The monoisotopic (exact) mass is 362 g/mol. The summed E-state index contributed by atoms with van der Waals surface area (Å²) in [6.45, 7) is 2.18. The molecule has 0 aliphatic rings. The van der Waals surface area contributed by atoms with Crippen LogP contribution in [0.25, 0.3) is 0 Å². The summed E-state index contributed by atoms with van der Waals surface area (Å²) in [5.74, 6) is -2.92. The highest BCUT2D eigenvalue weighted by molar-refractivity contribution is 5.87. The minimum Gasteiger partial charge on any atom is -0.475 e. The number of likely N-dealkylation sites (N-methyl/N-ethyl adjacent to an activating group) is 1. The van der Waals surface area contributed by atoms with Crippen molar-refractivity contribution < 1.29 is 33.0 Å². The van der Waals surface area contributed by atoms with Gasteiger partial charge in [0.25, 0.3) is 0 Å². The molecule has 0 spiro atoms. The third-order valence-corrected chi connectivity index (χ3v) is 3.17. The van der Waals surface area contributed by atoms with E-state index in [4.69, 9.17) is 15.6 Å². The number of aryl methyl sites for hydroxylation is 1. The standard InChI is InChI=1S/C14H20N2O2.C2HF3O2/c1-11-6-3-4-7-12(11)13(10-17)16(2)14(18)8-5-9-15;3-2(4,5)1(6)7/h3-8,13,17H,9-10,15H2,1-2H3;(H,6,7)/b8-5+;. The van der Waals surface area contributed by atoms with Crippen molar-refractivity contribution in [3.8, 4) is 0 Å². The number of amides is 1. The molecule has 1 rings (SSSR count). The fourth-order valence-electron chi connectivity index (χ4n) is 1.83. The number of rotatable bonds is 5. The highest BCUT2D eigenvalue weighted by Gasteiger charge is 2.38. The van der Waals surface area contributed by atoms with Crippen molar-refractivity contribution in [2.75, 3.05) is 20.2 Å². The molecule has 0 saturated carbocycles. The number of carboxylic acids is 1. The van der Waals surface area contributed by atoms with Gasteiger partial charge in [-0.15, -0.1) is 0 Å². The molecule has 1 atom stereocenters. The van der Waals surface area contributed by atoms with Crippen molar-refractivity contribution in [1.29, 1.82) is 0 Å². The quantitative estimate of drug-likeness (QED) is 0.691. The highest BCUT2D eigenvalue weighted by Crippen LogP contribution is 2.22. The summed E-state index contributed by atoms with van der Waals surface area (Å²) < 4.78 is 31.7. The number of carboxylic acid groups (broad SMARTS) is 1. The van der Waals surface area contributed by atoms with Crippen LogP contribution in [0.1, 0.15) is 17.2 Å². The number of nitrogens with zero attached hydrogens (tertiary/aromatic N) is 1. The highest BCUT2D eigenvalue weighted by atomic mass is 19.4. The van der Waals surface area contributed by atoms with Crippen LogP contribution in [0.3, 0.4) is 0 Å². The maximum Gasteiger partial charge on any atom is 0.490 e. The second-order valence-electron chi connectivity index (χ2n) is 4.95. The lowest BCUT2D eigenvalue weighted by molar-refractivity contribution is -0.192. The third-order valence-electron chi connectivity index (χ3n) is 3.17. The number of hydrogen-bond donors (Lipinski definition) is 3. The second-order valence-corrected chi connectivity index (χ2v) is 4.95. The maximum absolute atomic E-state index is 11.9. The summed E-state index contributed by atoms with van der Waals surface area (Å²) in [5.41, 5.74) is 7.32. The van der Waals surface area contributed by atoms with Crippen LogP contribution in [0.4, 0.5) is 13.2 Å².